The van der Waals surface area contributed by atoms with Gasteiger partial charge in [0.25, 0.3) is 0 Å². The SMILES string of the molecule is CN1C(=O)CCO[C@H]2CN(C(=O)Cc3[nH]nc4ccccc34)C[C@@H]21. The third-order valence-corrected chi connectivity index (χ3v) is 5.00. The van der Waals surface area contributed by atoms with Crippen molar-refractivity contribution in [3.63, 3.8) is 0 Å². The van der Waals surface area contributed by atoms with Gasteiger partial charge in [0.2, 0.25) is 11.8 Å². The molecule has 0 spiro atoms. The van der Waals surface area contributed by atoms with Crippen molar-refractivity contribution >= 4 is 22.7 Å². The average Bonchev–Trinajstić information content (AvgIpc) is 3.16. The van der Waals surface area contributed by atoms with Gasteiger partial charge in [-0.15, -0.1) is 0 Å². The second kappa shape index (κ2) is 5.90. The highest BCUT2D eigenvalue weighted by Gasteiger charge is 2.41. The predicted molar refractivity (Wildman–Crippen MR) is 87.3 cm³/mol. The third-order valence-electron chi connectivity index (χ3n) is 5.00. The van der Waals surface area contributed by atoms with Crippen LogP contribution in [0.3, 0.4) is 0 Å². The Hall–Kier alpha value is -2.41. The van der Waals surface area contributed by atoms with E-state index in [1.54, 1.807) is 16.8 Å². The predicted octanol–water partition coefficient (Wildman–Crippen LogP) is 0.563. The summed E-state index contributed by atoms with van der Waals surface area (Å²) in [6.45, 7) is 1.49. The molecule has 2 atom stereocenters. The minimum absolute atomic E-state index is 0.0296. The van der Waals surface area contributed by atoms with E-state index in [1.165, 1.54) is 0 Å². The number of likely N-dealkylation sites (tertiary alicyclic amines) is 1. The van der Waals surface area contributed by atoms with Crippen molar-refractivity contribution in [2.24, 2.45) is 0 Å². The molecule has 7 heteroatoms. The van der Waals surface area contributed by atoms with Crippen molar-refractivity contribution in [1.82, 2.24) is 20.0 Å². The summed E-state index contributed by atoms with van der Waals surface area (Å²) in [4.78, 5) is 28.2. The first-order valence-electron chi connectivity index (χ1n) is 8.20. The Balaban J connectivity index is 1.49. The lowest BCUT2D eigenvalue weighted by atomic mass is 10.1. The molecule has 0 aliphatic carbocycles. The Morgan fingerprint density at radius 2 is 2.21 bits per heavy atom. The standard InChI is InChI=1S/C17H20N4O3/c1-20-14-9-21(10-15(14)24-7-6-16(20)22)17(23)8-13-11-4-2-3-5-12(11)18-19-13/h2-5,14-15H,6-10H2,1H3,(H,18,19)/t14-,15-/m0/s1. The van der Waals surface area contributed by atoms with Crippen molar-refractivity contribution in [2.45, 2.75) is 25.0 Å². The van der Waals surface area contributed by atoms with Crippen LogP contribution in [0, 0.1) is 0 Å². The fraction of sp³-hybridized carbons (Fsp3) is 0.471. The van der Waals surface area contributed by atoms with Crippen LogP contribution in [0.25, 0.3) is 10.9 Å². The van der Waals surface area contributed by atoms with Crippen LogP contribution in [-0.2, 0) is 20.7 Å². The van der Waals surface area contributed by atoms with Crippen molar-refractivity contribution < 1.29 is 14.3 Å². The van der Waals surface area contributed by atoms with Gasteiger partial charge in [-0.25, -0.2) is 0 Å². The smallest absolute Gasteiger partial charge is 0.228 e. The van der Waals surface area contributed by atoms with E-state index in [9.17, 15) is 9.59 Å². The molecule has 24 heavy (non-hydrogen) atoms. The number of carbonyl (C=O) groups is 2. The summed E-state index contributed by atoms with van der Waals surface area (Å²) in [5.41, 5.74) is 1.69. The van der Waals surface area contributed by atoms with E-state index in [-0.39, 0.29) is 30.4 Å². The molecule has 0 saturated carbocycles. The molecule has 7 nitrogen and oxygen atoms in total. The number of amides is 2. The number of aromatic nitrogens is 2. The first-order valence-corrected chi connectivity index (χ1v) is 8.20. The van der Waals surface area contributed by atoms with Crippen molar-refractivity contribution in [1.29, 1.82) is 0 Å². The van der Waals surface area contributed by atoms with Crippen molar-refractivity contribution in [3.05, 3.63) is 30.0 Å². The number of hydrogen-bond acceptors (Lipinski definition) is 4. The van der Waals surface area contributed by atoms with Gasteiger partial charge in [0.05, 0.1) is 42.8 Å². The highest BCUT2D eigenvalue weighted by Crippen LogP contribution is 2.23. The zero-order valence-electron chi connectivity index (χ0n) is 13.6. The van der Waals surface area contributed by atoms with E-state index in [4.69, 9.17) is 4.74 Å². The molecule has 2 fully saturated rings. The van der Waals surface area contributed by atoms with Crippen LogP contribution in [0.1, 0.15) is 12.1 Å². The van der Waals surface area contributed by atoms with E-state index >= 15 is 0 Å². The molecule has 126 valence electrons. The van der Waals surface area contributed by atoms with Crippen LogP contribution in [-0.4, -0.2) is 70.7 Å². The van der Waals surface area contributed by atoms with Gasteiger partial charge in [-0.3, -0.25) is 14.7 Å². The number of ether oxygens (including phenoxy) is 1. The van der Waals surface area contributed by atoms with Crippen LogP contribution in [0.5, 0.6) is 0 Å². The molecule has 0 unspecified atom stereocenters. The minimum atomic E-state index is -0.0936. The molecule has 2 aromatic rings. The van der Waals surface area contributed by atoms with Gasteiger partial charge in [0.1, 0.15) is 0 Å². The van der Waals surface area contributed by atoms with Gasteiger partial charge in [-0.2, -0.15) is 5.10 Å². The number of carbonyl (C=O) groups excluding carboxylic acids is 2. The highest BCUT2D eigenvalue weighted by atomic mass is 16.5. The Kier molecular flexibility index (Phi) is 3.72. The zero-order valence-corrected chi connectivity index (χ0v) is 13.6. The molecule has 0 radical (unpaired) electrons. The molecule has 2 aliphatic rings. The Morgan fingerprint density at radius 1 is 1.38 bits per heavy atom. The number of fused-ring (bicyclic) bond motifs is 2. The van der Waals surface area contributed by atoms with Gasteiger partial charge in [-0.05, 0) is 6.07 Å². The maximum atomic E-state index is 12.7. The van der Waals surface area contributed by atoms with Crippen LogP contribution in [0.2, 0.25) is 0 Å². The molecule has 3 heterocycles. The van der Waals surface area contributed by atoms with Gasteiger partial charge in [0, 0.05) is 25.5 Å². The van der Waals surface area contributed by atoms with Gasteiger partial charge in [-0.1, -0.05) is 18.2 Å². The average molecular weight is 328 g/mol. The van der Waals surface area contributed by atoms with E-state index in [2.05, 4.69) is 10.2 Å². The van der Waals surface area contributed by atoms with E-state index < -0.39 is 0 Å². The van der Waals surface area contributed by atoms with Crippen LogP contribution >= 0.6 is 0 Å². The normalized spacial score (nSPS) is 24.3. The maximum absolute atomic E-state index is 12.7. The monoisotopic (exact) mass is 328 g/mol. The number of nitrogens with zero attached hydrogens (tertiary/aromatic N) is 3. The van der Waals surface area contributed by atoms with Gasteiger partial charge >= 0.3 is 0 Å². The number of H-pyrrole nitrogens is 1. The van der Waals surface area contributed by atoms with Crippen LogP contribution in [0.4, 0.5) is 0 Å². The fourth-order valence-corrected chi connectivity index (χ4v) is 3.57. The number of hydrogen-bond donors (Lipinski definition) is 1. The lowest BCUT2D eigenvalue weighted by molar-refractivity contribution is -0.133. The topological polar surface area (TPSA) is 78.5 Å². The van der Waals surface area contributed by atoms with Gasteiger partial charge in [0.15, 0.2) is 0 Å². The molecular formula is C17H20N4O3. The molecule has 2 saturated heterocycles. The number of para-hydroxylation sites is 1. The van der Waals surface area contributed by atoms with Crippen molar-refractivity contribution in [3.8, 4) is 0 Å². The van der Waals surface area contributed by atoms with E-state index in [0.717, 1.165) is 16.6 Å². The third kappa shape index (κ3) is 2.54. The first kappa shape index (κ1) is 15.1. The number of rotatable bonds is 2. The largest absolute Gasteiger partial charge is 0.374 e. The summed E-state index contributed by atoms with van der Waals surface area (Å²) >= 11 is 0. The molecule has 4 rings (SSSR count). The van der Waals surface area contributed by atoms with E-state index in [0.29, 0.717) is 26.1 Å². The quantitative estimate of drug-likeness (QED) is 0.874. The molecule has 0 bridgehead atoms. The number of benzene rings is 1. The summed E-state index contributed by atoms with van der Waals surface area (Å²) in [5, 5.41) is 8.17. The van der Waals surface area contributed by atoms with E-state index in [1.807, 2.05) is 24.3 Å². The van der Waals surface area contributed by atoms with Gasteiger partial charge < -0.3 is 14.5 Å². The van der Waals surface area contributed by atoms with Crippen LogP contribution < -0.4 is 0 Å². The fourth-order valence-electron chi connectivity index (χ4n) is 3.57. The first-order chi connectivity index (χ1) is 11.6. The summed E-state index contributed by atoms with van der Waals surface area (Å²) in [5.74, 6) is 0.110. The zero-order chi connectivity index (χ0) is 16.7. The van der Waals surface area contributed by atoms with Crippen LogP contribution in [0.15, 0.2) is 24.3 Å². The maximum Gasteiger partial charge on any atom is 0.228 e. The summed E-state index contributed by atoms with van der Waals surface area (Å²) in [6.07, 6.45) is 0.596. The second-order valence-corrected chi connectivity index (χ2v) is 6.43. The minimum Gasteiger partial charge on any atom is -0.374 e. The Morgan fingerprint density at radius 3 is 3.08 bits per heavy atom. The molecule has 1 N–H and O–H groups in total. The molecule has 2 amide bonds. The molecular weight excluding hydrogens is 308 g/mol. The molecule has 2 aliphatic heterocycles. The molecule has 1 aromatic heterocycles. The molecule has 1 aromatic carbocycles. The van der Waals surface area contributed by atoms with Crippen molar-refractivity contribution in [2.75, 3.05) is 26.7 Å². The summed E-state index contributed by atoms with van der Waals surface area (Å²) in [6, 6.07) is 7.69. The lowest BCUT2D eigenvalue weighted by Gasteiger charge is -2.25. The Bertz CT molecular complexity index is 787. The number of aromatic amines is 1. The number of nitrogens with one attached hydrogen (secondary N) is 1. The summed E-state index contributed by atoms with van der Waals surface area (Å²) < 4.78 is 5.78. The second-order valence-electron chi connectivity index (χ2n) is 6.43. The summed E-state index contributed by atoms with van der Waals surface area (Å²) in [7, 11) is 1.80. The lowest BCUT2D eigenvalue weighted by Crippen LogP contribution is -2.43. The number of likely N-dealkylation sites (N-methyl/N-ethyl adjacent to an activating group) is 1. The Labute approximate surface area is 139 Å². The highest BCUT2D eigenvalue weighted by molar-refractivity contribution is 5.87.